The number of aromatic nitrogens is 1. The Kier molecular flexibility index (Phi) is 3.52. The molecule has 0 aliphatic rings. The molecule has 84 valence electrons. The van der Waals surface area contributed by atoms with E-state index in [2.05, 4.69) is 48.4 Å². The lowest BCUT2D eigenvalue weighted by Gasteiger charge is -2.09. The van der Waals surface area contributed by atoms with Gasteiger partial charge in [0.2, 0.25) is 0 Å². The molecule has 0 aliphatic carbocycles. The van der Waals surface area contributed by atoms with E-state index >= 15 is 0 Å². The predicted molar refractivity (Wildman–Crippen MR) is 68.3 cm³/mol. The SMILES string of the molecule is CC(C)CNCc1cncc2ccccc12. The maximum absolute atomic E-state index is 4.27. The molecule has 2 rings (SSSR count). The molecule has 0 saturated heterocycles. The van der Waals surface area contributed by atoms with Crippen LogP contribution in [0.25, 0.3) is 10.8 Å². The molecule has 0 atom stereocenters. The number of hydrogen-bond acceptors (Lipinski definition) is 2. The third-order valence-corrected chi connectivity index (χ3v) is 2.62. The molecule has 1 aromatic carbocycles. The van der Waals surface area contributed by atoms with Crippen LogP contribution < -0.4 is 5.32 Å². The maximum atomic E-state index is 4.27. The second-order valence-corrected chi connectivity index (χ2v) is 4.54. The first-order valence-electron chi connectivity index (χ1n) is 5.79. The maximum Gasteiger partial charge on any atom is 0.0346 e. The van der Waals surface area contributed by atoms with E-state index in [0.29, 0.717) is 5.92 Å². The van der Waals surface area contributed by atoms with Crippen molar-refractivity contribution in [1.82, 2.24) is 10.3 Å². The third-order valence-electron chi connectivity index (χ3n) is 2.62. The third kappa shape index (κ3) is 2.58. The van der Waals surface area contributed by atoms with Gasteiger partial charge in [0, 0.05) is 24.3 Å². The smallest absolute Gasteiger partial charge is 0.0346 e. The Morgan fingerprint density at radius 2 is 2.00 bits per heavy atom. The normalized spacial score (nSPS) is 11.2. The van der Waals surface area contributed by atoms with Crippen LogP contribution in [0.3, 0.4) is 0 Å². The van der Waals surface area contributed by atoms with Gasteiger partial charge in [-0.15, -0.1) is 0 Å². The highest BCUT2D eigenvalue weighted by molar-refractivity contribution is 5.84. The lowest BCUT2D eigenvalue weighted by Crippen LogP contribution is -2.19. The monoisotopic (exact) mass is 214 g/mol. The van der Waals surface area contributed by atoms with E-state index in [4.69, 9.17) is 0 Å². The van der Waals surface area contributed by atoms with Crippen molar-refractivity contribution < 1.29 is 0 Å². The van der Waals surface area contributed by atoms with Crippen molar-refractivity contribution in [3.8, 4) is 0 Å². The summed E-state index contributed by atoms with van der Waals surface area (Å²) in [4.78, 5) is 4.27. The van der Waals surface area contributed by atoms with E-state index in [-0.39, 0.29) is 0 Å². The molecule has 1 N–H and O–H groups in total. The Balaban J connectivity index is 2.17. The van der Waals surface area contributed by atoms with Crippen molar-refractivity contribution in [2.75, 3.05) is 6.54 Å². The van der Waals surface area contributed by atoms with Crippen molar-refractivity contribution in [2.24, 2.45) is 5.92 Å². The summed E-state index contributed by atoms with van der Waals surface area (Å²) in [5.41, 5.74) is 1.28. The molecule has 0 aliphatic heterocycles. The van der Waals surface area contributed by atoms with E-state index in [9.17, 15) is 0 Å². The molecule has 1 heterocycles. The molecule has 0 radical (unpaired) electrons. The summed E-state index contributed by atoms with van der Waals surface area (Å²) in [7, 11) is 0. The van der Waals surface area contributed by atoms with Gasteiger partial charge in [0.05, 0.1) is 0 Å². The van der Waals surface area contributed by atoms with Crippen LogP contribution in [0, 0.1) is 5.92 Å². The van der Waals surface area contributed by atoms with Crippen molar-refractivity contribution in [2.45, 2.75) is 20.4 Å². The van der Waals surface area contributed by atoms with Gasteiger partial charge in [-0.1, -0.05) is 38.1 Å². The van der Waals surface area contributed by atoms with Crippen LogP contribution in [0.1, 0.15) is 19.4 Å². The lowest BCUT2D eigenvalue weighted by atomic mass is 10.1. The predicted octanol–water partition coefficient (Wildman–Crippen LogP) is 2.98. The summed E-state index contributed by atoms with van der Waals surface area (Å²) < 4.78 is 0. The Hall–Kier alpha value is -1.41. The van der Waals surface area contributed by atoms with Crippen LogP contribution in [0.15, 0.2) is 36.7 Å². The molecule has 2 heteroatoms. The first kappa shape index (κ1) is 11.1. The molecule has 2 aromatic rings. The number of nitrogens with one attached hydrogen (secondary N) is 1. The number of hydrogen-bond donors (Lipinski definition) is 1. The Labute approximate surface area is 96.7 Å². The van der Waals surface area contributed by atoms with Gasteiger partial charge in [0.25, 0.3) is 0 Å². The van der Waals surface area contributed by atoms with Crippen molar-refractivity contribution in [3.63, 3.8) is 0 Å². The highest BCUT2D eigenvalue weighted by atomic mass is 14.9. The number of pyridine rings is 1. The standard InChI is InChI=1S/C14H18N2/c1-11(2)7-15-9-13-10-16-8-12-5-3-4-6-14(12)13/h3-6,8,10-11,15H,7,9H2,1-2H3. The topological polar surface area (TPSA) is 24.9 Å². The van der Waals surface area contributed by atoms with Gasteiger partial charge >= 0.3 is 0 Å². The summed E-state index contributed by atoms with van der Waals surface area (Å²) in [5, 5.41) is 5.97. The van der Waals surface area contributed by atoms with Crippen LogP contribution in [0.2, 0.25) is 0 Å². The van der Waals surface area contributed by atoms with Crippen LogP contribution in [-0.4, -0.2) is 11.5 Å². The van der Waals surface area contributed by atoms with E-state index in [1.54, 1.807) is 0 Å². The number of nitrogens with zero attached hydrogens (tertiary/aromatic N) is 1. The summed E-state index contributed by atoms with van der Waals surface area (Å²) in [5.74, 6) is 0.683. The second kappa shape index (κ2) is 5.08. The lowest BCUT2D eigenvalue weighted by molar-refractivity contribution is 0.553. The fraction of sp³-hybridized carbons (Fsp3) is 0.357. The zero-order valence-corrected chi connectivity index (χ0v) is 9.90. The van der Waals surface area contributed by atoms with Gasteiger partial charge in [0.1, 0.15) is 0 Å². The summed E-state index contributed by atoms with van der Waals surface area (Å²) in [6.45, 7) is 6.37. The molecule has 0 amide bonds. The van der Waals surface area contributed by atoms with Crippen molar-refractivity contribution >= 4 is 10.8 Å². The minimum atomic E-state index is 0.683. The van der Waals surface area contributed by atoms with E-state index < -0.39 is 0 Å². The van der Waals surface area contributed by atoms with Gasteiger partial charge in [0.15, 0.2) is 0 Å². The van der Waals surface area contributed by atoms with Crippen LogP contribution in [0.4, 0.5) is 0 Å². The zero-order chi connectivity index (χ0) is 11.4. The molecule has 2 nitrogen and oxygen atoms in total. The molecular weight excluding hydrogens is 196 g/mol. The quantitative estimate of drug-likeness (QED) is 0.846. The van der Waals surface area contributed by atoms with E-state index in [1.807, 2.05) is 12.4 Å². The van der Waals surface area contributed by atoms with Crippen LogP contribution in [-0.2, 0) is 6.54 Å². The highest BCUT2D eigenvalue weighted by Gasteiger charge is 2.00. The Morgan fingerprint density at radius 1 is 1.19 bits per heavy atom. The van der Waals surface area contributed by atoms with Crippen molar-refractivity contribution in [3.05, 3.63) is 42.2 Å². The summed E-state index contributed by atoms with van der Waals surface area (Å²) >= 11 is 0. The fourth-order valence-electron chi connectivity index (χ4n) is 1.82. The Morgan fingerprint density at radius 3 is 2.81 bits per heavy atom. The molecule has 0 unspecified atom stereocenters. The van der Waals surface area contributed by atoms with Gasteiger partial charge in [-0.05, 0) is 23.4 Å². The van der Waals surface area contributed by atoms with Crippen LogP contribution >= 0.6 is 0 Å². The summed E-state index contributed by atoms with van der Waals surface area (Å²) in [6, 6.07) is 8.39. The molecule has 0 spiro atoms. The minimum absolute atomic E-state index is 0.683. The molecule has 0 fully saturated rings. The molecule has 16 heavy (non-hydrogen) atoms. The first-order chi connectivity index (χ1) is 7.77. The van der Waals surface area contributed by atoms with Crippen LogP contribution in [0.5, 0.6) is 0 Å². The highest BCUT2D eigenvalue weighted by Crippen LogP contribution is 2.16. The zero-order valence-electron chi connectivity index (χ0n) is 9.90. The molecule has 0 saturated carbocycles. The average Bonchev–Trinajstić information content (AvgIpc) is 2.29. The largest absolute Gasteiger partial charge is 0.312 e. The fourth-order valence-corrected chi connectivity index (χ4v) is 1.82. The second-order valence-electron chi connectivity index (χ2n) is 4.54. The minimum Gasteiger partial charge on any atom is -0.312 e. The molecular formula is C14H18N2. The number of rotatable bonds is 4. The first-order valence-corrected chi connectivity index (χ1v) is 5.79. The average molecular weight is 214 g/mol. The van der Waals surface area contributed by atoms with E-state index in [0.717, 1.165) is 13.1 Å². The molecule has 0 bridgehead atoms. The van der Waals surface area contributed by atoms with Gasteiger partial charge in [-0.2, -0.15) is 0 Å². The van der Waals surface area contributed by atoms with E-state index in [1.165, 1.54) is 16.3 Å². The molecule has 1 aromatic heterocycles. The Bertz CT molecular complexity index is 458. The summed E-state index contributed by atoms with van der Waals surface area (Å²) in [6.07, 6.45) is 3.87. The van der Waals surface area contributed by atoms with Crippen molar-refractivity contribution in [1.29, 1.82) is 0 Å². The number of benzene rings is 1. The van der Waals surface area contributed by atoms with Gasteiger partial charge < -0.3 is 5.32 Å². The number of fused-ring (bicyclic) bond motifs is 1. The van der Waals surface area contributed by atoms with Gasteiger partial charge in [-0.3, -0.25) is 4.98 Å². The van der Waals surface area contributed by atoms with Gasteiger partial charge in [-0.25, -0.2) is 0 Å².